The van der Waals surface area contributed by atoms with E-state index in [1.54, 1.807) is 0 Å². The van der Waals surface area contributed by atoms with Crippen LogP contribution in [-0.4, -0.2) is 37.6 Å². The van der Waals surface area contributed by atoms with Gasteiger partial charge < -0.3 is 4.74 Å². The van der Waals surface area contributed by atoms with E-state index in [4.69, 9.17) is 22.1 Å². The summed E-state index contributed by atoms with van der Waals surface area (Å²) in [5.41, 5.74) is 4.77. The van der Waals surface area contributed by atoms with Gasteiger partial charge in [-0.15, -0.1) is 0 Å². The molecule has 2 heterocycles. The van der Waals surface area contributed by atoms with Crippen LogP contribution in [0.1, 0.15) is 50.2 Å². The number of benzene rings is 2. The van der Waals surface area contributed by atoms with Gasteiger partial charge in [0.25, 0.3) is 5.91 Å². The number of carbonyl (C=O) groups is 1. The number of carbonyl (C=O) groups excluding carboxylic acids is 1. The molecule has 0 atom stereocenters. The largest absolute Gasteiger partial charge is 0.494 e. The predicted octanol–water partition coefficient (Wildman–Crippen LogP) is 6.78. The van der Waals surface area contributed by atoms with Crippen molar-refractivity contribution in [3.8, 4) is 22.7 Å². The molecule has 0 bridgehead atoms. The minimum atomic E-state index is 0.0220. The Hall–Kier alpha value is -2.90. The Kier molecular flexibility index (Phi) is 7.07. The molecule has 2 fully saturated rings. The minimum absolute atomic E-state index is 0.0220. The number of para-hydroxylation sites is 1. The molecule has 5 rings (SSSR count). The van der Waals surface area contributed by atoms with Crippen LogP contribution in [-0.2, 0) is 4.79 Å². The van der Waals surface area contributed by atoms with E-state index < -0.39 is 0 Å². The summed E-state index contributed by atoms with van der Waals surface area (Å²) in [4.78, 5) is 16.0. The van der Waals surface area contributed by atoms with Crippen LogP contribution in [0, 0.1) is 6.92 Å². The van der Waals surface area contributed by atoms with Crippen LogP contribution in [0.5, 0.6) is 5.75 Å². The average molecular weight is 504 g/mol. The summed E-state index contributed by atoms with van der Waals surface area (Å²) in [7, 11) is 0. The standard InChI is InChI=1S/C28H29N3O2S2/c1-3-33-23-14-15-24(19(2)16-23)26-20(18-30(29-26)21-10-6-4-7-11-21)17-25-27(32)31(28(34)35-25)22-12-8-5-9-13-22/h4,6-7,10-11,14-18,22H,3,5,8-9,12-13H2,1-2H3. The zero-order valence-electron chi connectivity index (χ0n) is 20.1. The molecule has 0 spiro atoms. The van der Waals surface area contributed by atoms with Crippen LogP contribution in [0.3, 0.4) is 0 Å². The van der Waals surface area contributed by atoms with Crippen molar-refractivity contribution in [1.29, 1.82) is 0 Å². The number of nitrogens with zero attached hydrogens (tertiary/aromatic N) is 3. The number of aryl methyl sites for hydroxylation is 1. The van der Waals surface area contributed by atoms with Gasteiger partial charge in [0.1, 0.15) is 15.8 Å². The maximum Gasteiger partial charge on any atom is 0.266 e. The van der Waals surface area contributed by atoms with E-state index in [1.165, 1.54) is 18.2 Å². The SMILES string of the molecule is CCOc1ccc(-c2nn(-c3ccccc3)cc2C=C2SC(=S)N(C3CCCCC3)C2=O)c(C)c1. The van der Waals surface area contributed by atoms with E-state index in [0.29, 0.717) is 15.8 Å². The first-order valence-electron chi connectivity index (χ1n) is 12.2. The summed E-state index contributed by atoms with van der Waals surface area (Å²) in [6.07, 6.45) is 9.57. The summed E-state index contributed by atoms with van der Waals surface area (Å²) in [6, 6.07) is 16.3. The lowest BCUT2D eigenvalue weighted by Gasteiger charge is -2.29. The fourth-order valence-electron chi connectivity index (χ4n) is 4.85. The van der Waals surface area contributed by atoms with Gasteiger partial charge in [-0.25, -0.2) is 4.68 Å². The van der Waals surface area contributed by atoms with Crippen molar-refractivity contribution in [3.63, 3.8) is 0 Å². The van der Waals surface area contributed by atoms with Gasteiger partial charge in [-0.2, -0.15) is 5.10 Å². The molecular weight excluding hydrogens is 474 g/mol. The van der Waals surface area contributed by atoms with Crippen LogP contribution in [0.25, 0.3) is 23.0 Å². The molecule has 0 radical (unpaired) electrons. The Morgan fingerprint density at radius 1 is 1.14 bits per heavy atom. The molecular formula is C28H29N3O2S2. The second-order valence-electron chi connectivity index (χ2n) is 8.97. The first kappa shape index (κ1) is 23.8. The number of aromatic nitrogens is 2. The van der Waals surface area contributed by atoms with Crippen LogP contribution >= 0.6 is 24.0 Å². The quantitative estimate of drug-likeness (QED) is 0.274. The highest BCUT2D eigenvalue weighted by atomic mass is 32.2. The van der Waals surface area contributed by atoms with E-state index in [9.17, 15) is 4.79 Å². The number of hydrogen-bond donors (Lipinski definition) is 0. The lowest BCUT2D eigenvalue weighted by molar-refractivity contribution is -0.124. The Bertz CT molecular complexity index is 1280. The molecule has 2 aliphatic rings. The monoisotopic (exact) mass is 503 g/mol. The predicted molar refractivity (Wildman–Crippen MR) is 147 cm³/mol. The normalized spacial score (nSPS) is 18.0. The zero-order valence-corrected chi connectivity index (χ0v) is 21.7. The summed E-state index contributed by atoms with van der Waals surface area (Å²) in [5.74, 6) is 0.861. The van der Waals surface area contributed by atoms with Crippen molar-refractivity contribution in [2.24, 2.45) is 0 Å². The van der Waals surface area contributed by atoms with Crippen molar-refractivity contribution < 1.29 is 9.53 Å². The zero-order chi connectivity index (χ0) is 24.4. The van der Waals surface area contributed by atoms with Crippen LogP contribution < -0.4 is 4.74 Å². The third kappa shape index (κ3) is 4.93. The molecule has 3 aromatic rings. The van der Waals surface area contributed by atoms with Crippen molar-refractivity contribution >= 4 is 40.3 Å². The van der Waals surface area contributed by atoms with Crippen LogP contribution in [0.15, 0.2) is 59.6 Å². The van der Waals surface area contributed by atoms with E-state index in [0.717, 1.165) is 59.5 Å². The Labute approximate surface area is 216 Å². The molecule has 7 heteroatoms. The lowest BCUT2D eigenvalue weighted by atomic mass is 9.94. The third-order valence-corrected chi connectivity index (χ3v) is 7.91. The highest BCUT2D eigenvalue weighted by molar-refractivity contribution is 8.26. The second-order valence-corrected chi connectivity index (χ2v) is 10.6. The van der Waals surface area contributed by atoms with Gasteiger partial charge >= 0.3 is 0 Å². The van der Waals surface area contributed by atoms with E-state index in [2.05, 4.69) is 6.92 Å². The Morgan fingerprint density at radius 2 is 1.91 bits per heavy atom. The van der Waals surface area contributed by atoms with E-state index in [1.807, 2.05) is 77.3 Å². The lowest BCUT2D eigenvalue weighted by Crippen LogP contribution is -2.39. The number of rotatable bonds is 6. The molecule has 180 valence electrons. The molecule has 0 unspecified atom stereocenters. The number of ether oxygens (including phenoxy) is 1. The van der Waals surface area contributed by atoms with Gasteiger partial charge in [0.15, 0.2) is 0 Å². The maximum atomic E-state index is 13.4. The molecule has 1 aliphatic heterocycles. The molecule has 35 heavy (non-hydrogen) atoms. The summed E-state index contributed by atoms with van der Waals surface area (Å²) < 4.78 is 8.22. The van der Waals surface area contributed by atoms with E-state index >= 15 is 0 Å². The molecule has 1 aliphatic carbocycles. The molecule has 5 nitrogen and oxygen atoms in total. The van der Waals surface area contributed by atoms with Crippen molar-refractivity contribution in [3.05, 3.63) is 70.8 Å². The molecule has 1 aromatic heterocycles. The average Bonchev–Trinajstić information content (AvgIpc) is 3.41. The van der Waals surface area contributed by atoms with Gasteiger partial charge in [-0.05, 0) is 68.7 Å². The van der Waals surface area contributed by atoms with Gasteiger partial charge in [-0.1, -0.05) is 61.4 Å². The minimum Gasteiger partial charge on any atom is -0.494 e. The van der Waals surface area contributed by atoms with Gasteiger partial charge in [0.2, 0.25) is 0 Å². The van der Waals surface area contributed by atoms with Crippen molar-refractivity contribution in [2.75, 3.05) is 6.61 Å². The molecule has 0 N–H and O–H groups in total. The number of amides is 1. The van der Waals surface area contributed by atoms with E-state index in [-0.39, 0.29) is 11.9 Å². The van der Waals surface area contributed by atoms with Gasteiger partial charge in [-0.3, -0.25) is 9.69 Å². The first-order valence-corrected chi connectivity index (χ1v) is 13.4. The summed E-state index contributed by atoms with van der Waals surface area (Å²) in [6.45, 7) is 4.66. The molecule has 1 saturated heterocycles. The Balaban J connectivity index is 1.55. The fraction of sp³-hybridized carbons (Fsp3) is 0.321. The number of hydrogen-bond acceptors (Lipinski definition) is 5. The first-order chi connectivity index (χ1) is 17.0. The molecule has 1 amide bonds. The highest BCUT2D eigenvalue weighted by Gasteiger charge is 2.37. The maximum absolute atomic E-state index is 13.4. The van der Waals surface area contributed by atoms with Gasteiger partial charge in [0.05, 0.1) is 17.2 Å². The fourth-order valence-corrected chi connectivity index (χ4v) is 6.24. The van der Waals surface area contributed by atoms with Gasteiger partial charge in [0, 0.05) is 23.4 Å². The highest BCUT2D eigenvalue weighted by Crippen LogP contribution is 2.39. The van der Waals surface area contributed by atoms with Crippen molar-refractivity contribution in [1.82, 2.24) is 14.7 Å². The van der Waals surface area contributed by atoms with Crippen molar-refractivity contribution in [2.45, 2.75) is 52.0 Å². The summed E-state index contributed by atoms with van der Waals surface area (Å²) >= 11 is 7.06. The van der Waals surface area contributed by atoms with Crippen LogP contribution in [0.4, 0.5) is 0 Å². The summed E-state index contributed by atoms with van der Waals surface area (Å²) in [5, 5.41) is 4.95. The molecule has 2 aromatic carbocycles. The smallest absolute Gasteiger partial charge is 0.266 e. The second kappa shape index (κ2) is 10.4. The number of thiocarbonyl (C=S) groups is 1. The third-order valence-electron chi connectivity index (χ3n) is 6.58. The molecule has 1 saturated carbocycles. The topological polar surface area (TPSA) is 47.4 Å². The number of thioether (sulfide) groups is 1. The Morgan fingerprint density at radius 3 is 2.63 bits per heavy atom. The van der Waals surface area contributed by atoms with Crippen LogP contribution in [0.2, 0.25) is 0 Å².